The van der Waals surface area contributed by atoms with E-state index in [4.69, 9.17) is 5.73 Å². The second-order valence-electron chi connectivity index (χ2n) is 3.91. The van der Waals surface area contributed by atoms with Crippen molar-refractivity contribution >= 4 is 17.3 Å². The lowest BCUT2D eigenvalue weighted by atomic mass is 10.2. The molecule has 0 heterocycles. The maximum Gasteiger partial charge on any atom is 0.387 e. The summed E-state index contributed by atoms with van der Waals surface area (Å²) in [7, 11) is 1.47. The van der Waals surface area contributed by atoms with Gasteiger partial charge in [-0.15, -0.1) is 0 Å². The van der Waals surface area contributed by atoms with Crippen LogP contribution in [-0.4, -0.2) is 32.7 Å². The number of nitrogen functional groups attached to an aromatic ring is 1. The number of rotatable bonds is 6. The minimum Gasteiger partial charge on any atom is -0.432 e. The molecule has 8 heteroatoms. The van der Waals surface area contributed by atoms with Crippen molar-refractivity contribution < 1.29 is 22.7 Å². The van der Waals surface area contributed by atoms with Crippen LogP contribution in [0, 0.1) is 5.82 Å². The molecule has 0 unspecified atom stereocenters. The molecule has 0 radical (unpaired) electrons. The molecule has 1 aromatic carbocycles. The Morgan fingerprint density at radius 3 is 2.65 bits per heavy atom. The summed E-state index contributed by atoms with van der Waals surface area (Å²) >= 11 is 0. The molecule has 1 aromatic rings. The summed E-state index contributed by atoms with van der Waals surface area (Å²) < 4.78 is 41.9. The Bertz CT molecular complexity index is 483. The standard InChI is InChI=1S/C12H16F3N3O2/c1-3-18(6-11(19)17-2)9-5-10(20-12(14)15)7(13)4-8(9)16/h4-5,12H,3,6,16H2,1-2H3,(H,17,19). The van der Waals surface area contributed by atoms with E-state index in [0.717, 1.165) is 12.1 Å². The summed E-state index contributed by atoms with van der Waals surface area (Å²) in [6.07, 6.45) is 0. The van der Waals surface area contributed by atoms with Crippen LogP contribution in [0.15, 0.2) is 12.1 Å². The van der Waals surface area contributed by atoms with Crippen LogP contribution >= 0.6 is 0 Å². The van der Waals surface area contributed by atoms with Gasteiger partial charge in [0.2, 0.25) is 5.91 Å². The highest BCUT2D eigenvalue weighted by Crippen LogP contribution is 2.31. The van der Waals surface area contributed by atoms with E-state index in [-0.39, 0.29) is 23.8 Å². The van der Waals surface area contributed by atoms with Gasteiger partial charge in [-0.3, -0.25) is 4.79 Å². The number of alkyl halides is 2. The van der Waals surface area contributed by atoms with Crippen molar-refractivity contribution in [2.24, 2.45) is 0 Å². The van der Waals surface area contributed by atoms with Crippen LogP contribution < -0.4 is 20.7 Å². The number of amides is 1. The average molecular weight is 291 g/mol. The van der Waals surface area contributed by atoms with Crippen LogP contribution in [0.3, 0.4) is 0 Å². The van der Waals surface area contributed by atoms with Gasteiger partial charge in [0.15, 0.2) is 11.6 Å². The lowest BCUT2D eigenvalue weighted by molar-refractivity contribution is -0.119. The summed E-state index contributed by atoms with van der Waals surface area (Å²) in [6.45, 7) is -1.04. The lowest BCUT2D eigenvalue weighted by Crippen LogP contribution is -2.36. The minimum absolute atomic E-state index is 0.0308. The summed E-state index contributed by atoms with van der Waals surface area (Å²) in [5.41, 5.74) is 5.95. The van der Waals surface area contributed by atoms with E-state index in [2.05, 4.69) is 10.1 Å². The summed E-state index contributed by atoms with van der Waals surface area (Å²) in [6, 6.07) is 1.95. The van der Waals surface area contributed by atoms with Crippen molar-refractivity contribution in [2.75, 3.05) is 30.8 Å². The molecule has 0 aliphatic carbocycles. The van der Waals surface area contributed by atoms with Gasteiger partial charge in [0, 0.05) is 25.7 Å². The number of nitrogens with one attached hydrogen (secondary N) is 1. The summed E-state index contributed by atoms with van der Waals surface area (Å²) in [5.74, 6) is -1.88. The molecule has 0 bridgehead atoms. The van der Waals surface area contributed by atoms with Crippen molar-refractivity contribution in [3.05, 3.63) is 17.9 Å². The fourth-order valence-electron chi connectivity index (χ4n) is 1.64. The molecule has 5 nitrogen and oxygen atoms in total. The quantitative estimate of drug-likeness (QED) is 0.781. The van der Waals surface area contributed by atoms with Gasteiger partial charge in [-0.1, -0.05) is 0 Å². The zero-order valence-corrected chi connectivity index (χ0v) is 11.1. The number of anilines is 2. The monoisotopic (exact) mass is 291 g/mol. The van der Waals surface area contributed by atoms with Gasteiger partial charge in [-0.05, 0) is 6.92 Å². The van der Waals surface area contributed by atoms with Gasteiger partial charge in [-0.2, -0.15) is 8.78 Å². The highest BCUT2D eigenvalue weighted by molar-refractivity contribution is 5.83. The number of nitrogens with two attached hydrogens (primary N) is 1. The third-order valence-corrected chi connectivity index (χ3v) is 2.63. The molecular formula is C12H16F3N3O2. The highest BCUT2D eigenvalue weighted by Gasteiger charge is 2.17. The van der Waals surface area contributed by atoms with Crippen LogP contribution in [0.5, 0.6) is 5.75 Å². The van der Waals surface area contributed by atoms with Crippen LogP contribution in [-0.2, 0) is 4.79 Å². The Hall–Kier alpha value is -2.12. The molecule has 0 fully saturated rings. The third kappa shape index (κ3) is 3.94. The van der Waals surface area contributed by atoms with E-state index in [1.807, 2.05) is 0 Å². The van der Waals surface area contributed by atoms with Crippen LogP contribution in [0.1, 0.15) is 6.92 Å². The van der Waals surface area contributed by atoms with Crippen molar-refractivity contribution in [1.29, 1.82) is 0 Å². The molecule has 3 N–H and O–H groups in total. The van der Waals surface area contributed by atoms with Crippen molar-refractivity contribution in [1.82, 2.24) is 5.32 Å². The van der Waals surface area contributed by atoms with Crippen molar-refractivity contribution in [2.45, 2.75) is 13.5 Å². The predicted molar refractivity (Wildman–Crippen MR) is 69.4 cm³/mol. The van der Waals surface area contributed by atoms with E-state index >= 15 is 0 Å². The van der Waals surface area contributed by atoms with Crippen LogP contribution in [0.25, 0.3) is 0 Å². The first-order chi connectivity index (χ1) is 9.38. The number of carbonyl (C=O) groups excluding carboxylic acids is 1. The third-order valence-electron chi connectivity index (χ3n) is 2.63. The Kier molecular flexibility index (Phi) is 5.48. The second-order valence-corrected chi connectivity index (χ2v) is 3.91. The maximum atomic E-state index is 13.5. The van der Waals surface area contributed by atoms with Crippen LogP contribution in [0.4, 0.5) is 24.5 Å². The molecule has 112 valence electrons. The van der Waals surface area contributed by atoms with E-state index in [9.17, 15) is 18.0 Å². The SMILES string of the molecule is CCN(CC(=O)NC)c1cc(OC(F)F)c(F)cc1N. The van der Waals surface area contributed by atoms with Gasteiger partial charge < -0.3 is 20.7 Å². The molecule has 1 amide bonds. The zero-order chi connectivity index (χ0) is 15.3. The first-order valence-corrected chi connectivity index (χ1v) is 5.88. The predicted octanol–water partition coefficient (Wildman–Crippen LogP) is 1.58. The number of hydrogen-bond donors (Lipinski definition) is 2. The first kappa shape index (κ1) is 15.9. The van der Waals surface area contributed by atoms with E-state index in [1.54, 1.807) is 6.92 Å². The molecule has 0 aliphatic rings. The highest BCUT2D eigenvalue weighted by atomic mass is 19.3. The van der Waals surface area contributed by atoms with Gasteiger partial charge >= 0.3 is 6.61 Å². The van der Waals surface area contributed by atoms with E-state index < -0.39 is 18.2 Å². The summed E-state index contributed by atoms with van der Waals surface area (Å²) in [4.78, 5) is 12.9. The van der Waals surface area contributed by atoms with Crippen molar-refractivity contribution in [3.8, 4) is 5.75 Å². The molecule has 0 aliphatic heterocycles. The normalized spacial score (nSPS) is 10.5. The van der Waals surface area contributed by atoms with Crippen LogP contribution in [0.2, 0.25) is 0 Å². The molecule has 0 aromatic heterocycles. The Labute approximate surface area is 114 Å². The second kappa shape index (κ2) is 6.88. The van der Waals surface area contributed by atoms with Crippen molar-refractivity contribution in [3.63, 3.8) is 0 Å². The fraction of sp³-hybridized carbons (Fsp3) is 0.417. The van der Waals surface area contributed by atoms with Gasteiger partial charge in [0.1, 0.15) is 0 Å². The number of ether oxygens (including phenoxy) is 1. The number of likely N-dealkylation sites (N-methyl/N-ethyl adjacent to an activating group) is 2. The molecule has 0 atom stereocenters. The Morgan fingerprint density at radius 2 is 2.15 bits per heavy atom. The largest absolute Gasteiger partial charge is 0.432 e. The molecule has 0 saturated carbocycles. The minimum atomic E-state index is -3.14. The van der Waals surface area contributed by atoms with E-state index in [1.165, 1.54) is 11.9 Å². The molecule has 20 heavy (non-hydrogen) atoms. The maximum absolute atomic E-state index is 13.5. The lowest BCUT2D eigenvalue weighted by Gasteiger charge is -2.24. The Balaban J connectivity index is 3.11. The molecular weight excluding hydrogens is 275 g/mol. The van der Waals surface area contributed by atoms with E-state index in [0.29, 0.717) is 6.54 Å². The molecule has 1 rings (SSSR count). The zero-order valence-electron chi connectivity index (χ0n) is 11.1. The smallest absolute Gasteiger partial charge is 0.387 e. The molecule has 0 spiro atoms. The fourth-order valence-corrected chi connectivity index (χ4v) is 1.64. The van der Waals surface area contributed by atoms with Gasteiger partial charge in [0.05, 0.1) is 17.9 Å². The average Bonchev–Trinajstić information content (AvgIpc) is 2.38. The van der Waals surface area contributed by atoms with Gasteiger partial charge in [0.25, 0.3) is 0 Å². The topological polar surface area (TPSA) is 67.6 Å². The summed E-state index contributed by atoms with van der Waals surface area (Å²) in [5, 5.41) is 2.43. The molecule has 0 saturated heterocycles. The van der Waals surface area contributed by atoms with Gasteiger partial charge in [-0.25, -0.2) is 4.39 Å². The number of carbonyl (C=O) groups is 1. The number of hydrogen-bond acceptors (Lipinski definition) is 4. The number of halogens is 3. The first-order valence-electron chi connectivity index (χ1n) is 5.88. The number of nitrogens with zero attached hydrogens (tertiary/aromatic N) is 1. The Morgan fingerprint density at radius 1 is 1.50 bits per heavy atom. The number of benzene rings is 1.